The summed E-state index contributed by atoms with van der Waals surface area (Å²) in [4.78, 5) is 18.9. The molecule has 3 heterocycles. The first-order valence-electron chi connectivity index (χ1n) is 11.0. The molecule has 1 saturated heterocycles. The second-order valence-corrected chi connectivity index (χ2v) is 10.9. The fourth-order valence-electron chi connectivity index (χ4n) is 5.13. The minimum Gasteiger partial charge on any atom is -0.311 e. The van der Waals surface area contributed by atoms with Gasteiger partial charge >= 0.3 is 0 Å². The van der Waals surface area contributed by atoms with E-state index in [-0.39, 0.29) is 11.3 Å². The predicted molar refractivity (Wildman–Crippen MR) is 134 cm³/mol. The maximum absolute atomic E-state index is 13.3. The molecule has 6 heteroatoms. The van der Waals surface area contributed by atoms with E-state index in [1.54, 1.807) is 11.3 Å². The number of rotatable bonds is 4. The number of thiophene rings is 1. The largest absolute Gasteiger partial charge is 0.311 e. The quantitative estimate of drug-likeness (QED) is 0.422. The van der Waals surface area contributed by atoms with Crippen LogP contribution in [-0.4, -0.2) is 30.4 Å². The van der Waals surface area contributed by atoms with Crippen LogP contribution in [0.5, 0.6) is 0 Å². The van der Waals surface area contributed by atoms with E-state index in [9.17, 15) is 4.79 Å². The van der Waals surface area contributed by atoms with Crippen LogP contribution < -0.4 is 4.90 Å². The molecule has 3 aromatic rings. The number of benzene rings is 2. The van der Waals surface area contributed by atoms with Gasteiger partial charge in [-0.15, -0.1) is 11.3 Å². The van der Waals surface area contributed by atoms with E-state index in [1.807, 2.05) is 34.5 Å². The number of likely N-dealkylation sites (tertiary alicyclic amines) is 1. The van der Waals surface area contributed by atoms with E-state index in [0.717, 1.165) is 49.6 Å². The maximum atomic E-state index is 13.3. The van der Waals surface area contributed by atoms with Crippen LogP contribution in [0.2, 0.25) is 10.0 Å². The van der Waals surface area contributed by atoms with Gasteiger partial charge in [-0.05, 0) is 73.6 Å². The molecule has 0 N–H and O–H groups in total. The van der Waals surface area contributed by atoms with Crippen molar-refractivity contribution in [2.75, 3.05) is 24.5 Å². The number of fused-ring (bicyclic) bond motifs is 2. The molecule has 3 nitrogen and oxygen atoms in total. The van der Waals surface area contributed by atoms with Crippen molar-refractivity contribution in [3.05, 3.63) is 85.5 Å². The van der Waals surface area contributed by atoms with Crippen LogP contribution in [0, 0.1) is 6.92 Å². The fraction of sp³-hybridized carbons (Fsp3) is 0.346. The highest BCUT2D eigenvalue weighted by Gasteiger charge is 2.46. The molecule has 166 valence electrons. The topological polar surface area (TPSA) is 23.6 Å². The molecule has 1 fully saturated rings. The molecule has 0 bridgehead atoms. The van der Waals surface area contributed by atoms with Crippen molar-refractivity contribution in [3.8, 4) is 0 Å². The molecule has 2 aliphatic rings. The summed E-state index contributed by atoms with van der Waals surface area (Å²) in [6, 6.07) is 16.5. The molecule has 0 saturated carbocycles. The van der Waals surface area contributed by atoms with Gasteiger partial charge in [0.2, 0.25) is 5.91 Å². The van der Waals surface area contributed by atoms with Crippen LogP contribution in [0.25, 0.3) is 0 Å². The number of carbonyl (C=O) groups excluding carboxylic acids is 1. The van der Waals surface area contributed by atoms with Crippen molar-refractivity contribution in [1.82, 2.24) is 4.90 Å². The minimum absolute atomic E-state index is 0.0423. The molecule has 0 radical (unpaired) electrons. The number of amides is 1. The lowest BCUT2D eigenvalue weighted by Crippen LogP contribution is -2.46. The van der Waals surface area contributed by atoms with Crippen LogP contribution in [-0.2, 0) is 23.2 Å². The molecule has 5 rings (SSSR count). The number of hydrogen-bond donors (Lipinski definition) is 0. The van der Waals surface area contributed by atoms with Crippen molar-refractivity contribution in [1.29, 1.82) is 0 Å². The van der Waals surface area contributed by atoms with E-state index >= 15 is 0 Å². The molecular weight excluding hydrogens is 459 g/mol. The Bertz CT molecular complexity index is 1140. The van der Waals surface area contributed by atoms with E-state index < -0.39 is 0 Å². The number of halogens is 2. The highest BCUT2D eigenvalue weighted by atomic mass is 35.5. The molecule has 1 amide bonds. The highest BCUT2D eigenvalue weighted by molar-refractivity contribution is 7.10. The van der Waals surface area contributed by atoms with E-state index in [2.05, 4.69) is 36.1 Å². The molecule has 2 aromatic carbocycles. The number of carbonyl (C=O) groups is 1. The third-order valence-electron chi connectivity index (χ3n) is 6.88. The zero-order chi connectivity index (χ0) is 22.3. The molecule has 0 unspecified atom stereocenters. The molecule has 0 atom stereocenters. The normalized spacial score (nSPS) is 17.7. The number of piperidine rings is 1. The smallest absolute Gasteiger partial charge is 0.232 e. The SMILES string of the molecule is Cc1ccc2c(c1)C1(CCN(Cc3ccc(Cl)c(Cl)c3)CC1)CN2C(=O)Cc1cccs1. The lowest BCUT2D eigenvalue weighted by molar-refractivity contribution is -0.118. The molecule has 1 spiro atoms. The maximum Gasteiger partial charge on any atom is 0.232 e. The predicted octanol–water partition coefficient (Wildman–Crippen LogP) is 6.49. The van der Waals surface area contributed by atoms with Gasteiger partial charge in [0.05, 0.1) is 16.5 Å². The van der Waals surface area contributed by atoms with Crippen molar-refractivity contribution in [2.45, 2.75) is 38.1 Å². The average Bonchev–Trinajstić information content (AvgIpc) is 3.39. The lowest BCUT2D eigenvalue weighted by atomic mass is 9.74. The molecule has 2 aliphatic heterocycles. The van der Waals surface area contributed by atoms with Gasteiger partial charge in [-0.1, -0.05) is 53.0 Å². The van der Waals surface area contributed by atoms with Gasteiger partial charge in [-0.3, -0.25) is 9.69 Å². The van der Waals surface area contributed by atoms with Gasteiger partial charge in [0.15, 0.2) is 0 Å². The number of anilines is 1. The Morgan fingerprint density at radius 3 is 2.59 bits per heavy atom. The second kappa shape index (κ2) is 8.83. The molecular formula is C26H26Cl2N2OS. The van der Waals surface area contributed by atoms with Crippen LogP contribution in [0.15, 0.2) is 53.9 Å². The summed E-state index contributed by atoms with van der Waals surface area (Å²) in [6.07, 6.45) is 2.58. The van der Waals surface area contributed by atoms with Crippen molar-refractivity contribution < 1.29 is 4.79 Å². The average molecular weight is 485 g/mol. The second-order valence-electron chi connectivity index (χ2n) is 9.06. The van der Waals surface area contributed by atoms with Crippen molar-refractivity contribution in [3.63, 3.8) is 0 Å². The molecule has 0 aliphatic carbocycles. The van der Waals surface area contributed by atoms with Crippen molar-refractivity contribution in [2.24, 2.45) is 0 Å². The van der Waals surface area contributed by atoms with Crippen LogP contribution >= 0.6 is 34.5 Å². The summed E-state index contributed by atoms with van der Waals surface area (Å²) in [5.74, 6) is 0.202. The summed E-state index contributed by atoms with van der Waals surface area (Å²) in [5.41, 5.74) is 4.95. The third-order valence-corrected chi connectivity index (χ3v) is 8.50. The molecule has 32 heavy (non-hydrogen) atoms. The monoisotopic (exact) mass is 484 g/mol. The third kappa shape index (κ3) is 4.22. The van der Waals surface area contributed by atoms with E-state index in [0.29, 0.717) is 16.5 Å². The first-order chi connectivity index (χ1) is 15.4. The summed E-state index contributed by atoms with van der Waals surface area (Å²) in [5, 5.41) is 3.24. The van der Waals surface area contributed by atoms with Gasteiger partial charge in [0.1, 0.15) is 0 Å². The summed E-state index contributed by atoms with van der Waals surface area (Å²) < 4.78 is 0. The fourth-order valence-corrected chi connectivity index (χ4v) is 6.14. The van der Waals surface area contributed by atoms with Gasteiger partial charge in [0.25, 0.3) is 0 Å². The number of aryl methyl sites for hydroxylation is 1. The van der Waals surface area contributed by atoms with Gasteiger partial charge < -0.3 is 4.90 Å². The van der Waals surface area contributed by atoms with Gasteiger partial charge in [-0.25, -0.2) is 0 Å². The Labute approximate surface area is 203 Å². The van der Waals surface area contributed by atoms with Crippen molar-refractivity contribution >= 4 is 46.1 Å². The number of nitrogens with zero attached hydrogens (tertiary/aromatic N) is 2. The summed E-state index contributed by atoms with van der Waals surface area (Å²) >= 11 is 13.9. The van der Waals surface area contributed by atoms with Gasteiger partial charge in [0, 0.05) is 29.1 Å². The Kier molecular flexibility index (Phi) is 6.06. The Morgan fingerprint density at radius 2 is 1.88 bits per heavy atom. The van der Waals surface area contributed by atoms with Crippen LogP contribution in [0.4, 0.5) is 5.69 Å². The molecule has 1 aromatic heterocycles. The van der Waals surface area contributed by atoms with Crippen LogP contribution in [0.3, 0.4) is 0 Å². The zero-order valence-electron chi connectivity index (χ0n) is 18.1. The Morgan fingerprint density at radius 1 is 1.06 bits per heavy atom. The summed E-state index contributed by atoms with van der Waals surface area (Å²) in [6.45, 7) is 5.80. The van der Waals surface area contributed by atoms with Crippen LogP contribution in [0.1, 0.15) is 34.4 Å². The minimum atomic E-state index is 0.0423. The number of hydrogen-bond acceptors (Lipinski definition) is 3. The highest BCUT2D eigenvalue weighted by Crippen LogP contribution is 2.47. The Balaban J connectivity index is 1.34. The standard InChI is InChI=1S/C26H26Cl2N2OS/c1-18-4-7-24-21(13-18)26(17-30(24)25(31)15-20-3-2-12-32-20)8-10-29(11-9-26)16-19-5-6-22(27)23(28)14-19/h2-7,12-14H,8-11,15-17H2,1H3. The van der Waals surface area contributed by atoms with E-state index in [1.165, 1.54) is 16.7 Å². The van der Waals surface area contributed by atoms with Gasteiger partial charge in [-0.2, -0.15) is 0 Å². The summed E-state index contributed by atoms with van der Waals surface area (Å²) in [7, 11) is 0. The first kappa shape index (κ1) is 22.0. The zero-order valence-corrected chi connectivity index (χ0v) is 20.4. The van der Waals surface area contributed by atoms with E-state index in [4.69, 9.17) is 23.2 Å². The first-order valence-corrected chi connectivity index (χ1v) is 12.7. The Hall–Kier alpha value is -1.85. The lowest BCUT2D eigenvalue weighted by Gasteiger charge is -2.40.